The Balaban J connectivity index is 1.96. The van der Waals surface area contributed by atoms with Gasteiger partial charge in [0.25, 0.3) is 10.0 Å². The fourth-order valence-corrected chi connectivity index (χ4v) is 4.00. The SMILES string of the molecule is Cn1ccc(S(=O)(=O)Nc2nc3ccc(N)cc3s2)c1. The number of sulfonamides is 1. The minimum Gasteiger partial charge on any atom is -0.399 e. The van der Waals surface area contributed by atoms with Crippen LogP contribution >= 0.6 is 11.3 Å². The van der Waals surface area contributed by atoms with Crippen molar-refractivity contribution in [2.24, 2.45) is 7.05 Å². The highest BCUT2D eigenvalue weighted by atomic mass is 32.2. The number of aryl methyl sites for hydroxylation is 1. The van der Waals surface area contributed by atoms with Gasteiger partial charge in [0.05, 0.1) is 10.2 Å². The Morgan fingerprint density at radius 1 is 1.35 bits per heavy atom. The summed E-state index contributed by atoms with van der Waals surface area (Å²) in [4.78, 5) is 4.44. The van der Waals surface area contributed by atoms with Gasteiger partial charge in [0.2, 0.25) is 0 Å². The Kier molecular flexibility index (Phi) is 2.91. The Bertz CT molecular complexity index is 880. The number of hydrogen-bond donors (Lipinski definition) is 2. The number of thiazole rings is 1. The van der Waals surface area contributed by atoms with Crippen LogP contribution in [0.1, 0.15) is 0 Å². The zero-order valence-electron chi connectivity index (χ0n) is 10.6. The summed E-state index contributed by atoms with van der Waals surface area (Å²) in [6, 6.07) is 6.81. The summed E-state index contributed by atoms with van der Waals surface area (Å²) in [6.45, 7) is 0. The molecular formula is C12H12N4O2S2. The van der Waals surface area contributed by atoms with Crippen molar-refractivity contribution in [2.45, 2.75) is 4.90 Å². The molecule has 20 heavy (non-hydrogen) atoms. The molecule has 1 aromatic carbocycles. The summed E-state index contributed by atoms with van der Waals surface area (Å²) in [5, 5.41) is 0.328. The predicted molar refractivity (Wildman–Crippen MR) is 80.3 cm³/mol. The van der Waals surface area contributed by atoms with E-state index in [0.717, 1.165) is 10.2 Å². The molecule has 0 amide bonds. The first kappa shape index (κ1) is 12.9. The van der Waals surface area contributed by atoms with Gasteiger partial charge in [-0.2, -0.15) is 0 Å². The molecule has 0 atom stereocenters. The number of nitrogen functional groups attached to an aromatic ring is 1. The zero-order chi connectivity index (χ0) is 14.3. The van der Waals surface area contributed by atoms with Crippen molar-refractivity contribution in [2.75, 3.05) is 10.5 Å². The van der Waals surface area contributed by atoms with Gasteiger partial charge < -0.3 is 10.3 Å². The molecular weight excluding hydrogens is 296 g/mol. The summed E-state index contributed by atoms with van der Waals surface area (Å²) in [7, 11) is -1.84. The molecule has 0 aliphatic rings. The van der Waals surface area contributed by atoms with Crippen molar-refractivity contribution in [3.05, 3.63) is 36.7 Å². The molecule has 0 spiro atoms. The maximum Gasteiger partial charge on any atom is 0.265 e. The molecule has 0 saturated heterocycles. The average molecular weight is 308 g/mol. The molecule has 0 saturated carbocycles. The lowest BCUT2D eigenvalue weighted by molar-refractivity contribution is 0.601. The van der Waals surface area contributed by atoms with Gasteiger partial charge in [-0.3, -0.25) is 4.72 Å². The number of aromatic nitrogens is 2. The lowest BCUT2D eigenvalue weighted by Crippen LogP contribution is -2.11. The average Bonchev–Trinajstić information content (AvgIpc) is 2.94. The summed E-state index contributed by atoms with van der Waals surface area (Å²) < 4.78 is 29.4. The zero-order valence-corrected chi connectivity index (χ0v) is 12.2. The van der Waals surface area contributed by atoms with Crippen LogP contribution in [0.15, 0.2) is 41.6 Å². The number of nitrogens with two attached hydrogens (primary N) is 1. The molecule has 2 heterocycles. The van der Waals surface area contributed by atoms with E-state index in [1.807, 2.05) is 0 Å². The molecule has 3 N–H and O–H groups in total. The lowest BCUT2D eigenvalue weighted by atomic mass is 10.3. The Morgan fingerprint density at radius 3 is 2.85 bits per heavy atom. The van der Waals surface area contributed by atoms with Crippen molar-refractivity contribution in [1.82, 2.24) is 9.55 Å². The fourth-order valence-electron chi connectivity index (χ4n) is 1.80. The van der Waals surface area contributed by atoms with E-state index in [0.29, 0.717) is 10.8 Å². The van der Waals surface area contributed by atoms with E-state index in [-0.39, 0.29) is 4.90 Å². The van der Waals surface area contributed by atoms with Crippen LogP contribution in [0.4, 0.5) is 10.8 Å². The summed E-state index contributed by atoms with van der Waals surface area (Å²) >= 11 is 1.25. The molecule has 3 rings (SSSR count). The largest absolute Gasteiger partial charge is 0.399 e. The van der Waals surface area contributed by atoms with E-state index in [9.17, 15) is 8.42 Å². The number of nitrogens with one attached hydrogen (secondary N) is 1. The van der Waals surface area contributed by atoms with Crippen molar-refractivity contribution >= 4 is 42.4 Å². The number of fused-ring (bicyclic) bond motifs is 1. The third kappa shape index (κ3) is 2.35. The van der Waals surface area contributed by atoms with Crippen molar-refractivity contribution < 1.29 is 8.42 Å². The molecule has 2 aromatic heterocycles. The molecule has 3 aromatic rings. The first-order chi connectivity index (χ1) is 9.44. The molecule has 104 valence electrons. The van der Waals surface area contributed by atoms with Gasteiger partial charge >= 0.3 is 0 Å². The number of anilines is 2. The second-order valence-electron chi connectivity index (χ2n) is 4.36. The maximum atomic E-state index is 12.2. The van der Waals surface area contributed by atoms with Gasteiger partial charge in [0, 0.05) is 25.1 Å². The van der Waals surface area contributed by atoms with E-state index in [1.54, 1.807) is 36.0 Å². The second-order valence-corrected chi connectivity index (χ2v) is 7.08. The predicted octanol–water partition coefficient (Wildman–Crippen LogP) is 2.02. The van der Waals surface area contributed by atoms with E-state index in [1.165, 1.54) is 23.6 Å². The standard InChI is InChI=1S/C12H12N4O2S2/c1-16-5-4-9(7-16)20(17,18)15-12-14-10-3-2-8(13)6-11(10)19-12/h2-7H,13H2,1H3,(H,14,15). The first-order valence-electron chi connectivity index (χ1n) is 5.75. The summed E-state index contributed by atoms with van der Waals surface area (Å²) in [5.74, 6) is 0. The number of benzene rings is 1. The van der Waals surface area contributed by atoms with Gasteiger partial charge in [-0.15, -0.1) is 0 Å². The minimum atomic E-state index is -3.60. The minimum absolute atomic E-state index is 0.207. The first-order valence-corrected chi connectivity index (χ1v) is 8.05. The van der Waals surface area contributed by atoms with E-state index in [2.05, 4.69) is 9.71 Å². The van der Waals surface area contributed by atoms with Crippen LogP contribution < -0.4 is 10.5 Å². The van der Waals surface area contributed by atoms with Crippen LogP contribution in [0.2, 0.25) is 0 Å². The molecule has 0 bridgehead atoms. The van der Waals surface area contributed by atoms with Crippen LogP contribution in [0.5, 0.6) is 0 Å². The Hall–Kier alpha value is -2.06. The maximum absolute atomic E-state index is 12.2. The van der Waals surface area contributed by atoms with Crippen LogP contribution in [-0.2, 0) is 17.1 Å². The number of nitrogens with zero attached hydrogens (tertiary/aromatic N) is 2. The Labute approximate surface area is 119 Å². The highest BCUT2D eigenvalue weighted by molar-refractivity contribution is 7.93. The topological polar surface area (TPSA) is 90.0 Å². The monoisotopic (exact) mass is 308 g/mol. The number of hydrogen-bond acceptors (Lipinski definition) is 5. The van der Waals surface area contributed by atoms with Crippen molar-refractivity contribution in [3.63, 3.8) is 0 Å². The van der Waals surface area contributed by atoms with E-state index >= 15 is 0 Å². The van der Waals surface area contributed by atoms with Crippen LogP contribution in [0, 0.1) is 0 Å². The van der Waals surface area contributed by atoms with Gasteiger partial charge in [0.15, 0.2) is 5.13 Å². The van der Waals surface area contributed by atoms with E-state index < -0.39 is 10.0 Å². The van der Waals surface area contributed by atoms with Crippen LogP contribution in [0.25, 0.3) is 10.2 Å². The van der Waals surface area contributed by atoms with Gasteiger partial charge in [0.1, 0.15) is 4.90 Å². The molecule has 8 heteroatoms. The molecule has 0 radical (unpaired) electrons. The van der Waals surface area contributed by atoms with Crippen LogP contribution in [0.3, 0.4) is 0 Å². The van der Waals surface area contributed by atoms with Crippen molar-refractivity contribution in [1.29, 1.82) is 0 Å². The quantitative estimate of drug-likeness (QED) is 0.724. The molecule has 0 aliphatic heterocycles. The Morgan fingerprint density at radius 2 is 2.15 bits per heavy atom. The third-order valence-electron chi connectivity index (χ3n) is 2.75. The summed E-state index contributed by atoms with van der Waals surface area (Å²) in [6.07, 6.45) is 3.21. The van der Waals surface area contributed by atoms with E-state index in [4.69, 9.17) is 5.73 Å². The second kappa shape index (κ2) is 4.50. The van der Waals surface area contributed by atoms with Gasteiger partial charge in [-0.25, -0.2) is 13.4 Å². The lowest BCUT2D eigenvalue weighted by Gasteiger charge is -2.01. The highest BCUT2D eigenvalue weighted by Crippen LogP contribution is 2.29. The van der Waals surface area contributed by atoms with Gasteiger partial charge in [-0.05, 0) is 24.3 Å². The summed E-state index contributed by atoms with van der Waals surface area (Å²) in [5.41, 5.74) is 7.03. The molecule has 0 aliphatic carbocycles. The smallest absolute Gasteiger partial charge is 0.265 e. The van der Waals surface area contributed by atoms with Crippen LogP contribution in [-0.4, -0.2) is 18.0 Å². The number of rotatable bonds is 3. The molecule has 0 fully saturated rings. The van der Waals surface area contributed by atoms with Crippen molar-refractivity contribution in [3.8, 4) is 0 Å². The molecule has 6 nitrogen and oxygen atoms in total. The van der Waals surface area contributed by atoms with Gasteiger partial charge in [-0.1, -0.05) is 11.3 Å². The molecule has 0 unspecified atom stereocenters. The third-order valence-corrected chi connectivity index (χ3v) is 5.14. The highest BCUT2D eigenvalue weighted by Gasteiger charge is 2.17. The fraction of sp³-hybridized carbons (Fsp3) is 0.0833. The normalized spacial score (nSPS) is 11.8.